The second-order valence-electron chi connectivity index (χ2n) is 4.40. The number of hydrogen-bond acceptors (Lipinski definition) is 4. The molecule has 20 heavy (non-hydrogen) atoms. The Morgan fingerprint density at radius 2 is 2.10 bits per heavy atom. The van der Waals surface area contributed by atoms with Gasteiger partial charge in [-0.05, 0) is 29.8 Å². The van der Waals surface area contributed by atoms with E-state index >= 15 is 0 Å². The summed E-state index contributed by atoms with van der Waals surface area (Å²) < 4.78 is 11.0. The van der Waals surface area contributed by atoms with Crippen LogP contribution in [-0.4, -0.2) is 5.16 Å². The van der Waals surface area contributed by atoms with Crippen molar-refractivity contribution in [3.8, 4) is 22.6 Å². The summed E-state index contributed by atoms with van der Waals surface area (Å²) >= 11 is 6.02. The molecule has 0 bridgehead atoms. The van der Waals surface area contributed by atoms with E-state index in [1.165, 1.54) is 0 Å². The van der Waals surface area contributed by atoms with Gasteiger partial charge in [0.15, 0.2) is 11.6 Å². The lowest BCUT2D eigenvalue weighted by Crippen LogP contribution is -1.88. The lowest BCUT2D eigenvalue weighted by Gasteiger charge is -2.01. The van der Waals surface area contributed by atoms with Crippen LogP contribution in [0.15, 0.2) is 45.3 Å². The van der Waals surface area contributed by atoms with Crippen molar-refractivity contribution in [3.63, 3.8) is 0 Å². The summed E-state index contributed by atoms with van der Waals surface area (Å²) in [5, 5.41) is 4.46. The van der Waals surface area contributed by atoms with Gasteiger partial charge in [0.25, 0.3) is 0 Å². The molecule has 3 aromatic rings. The van der Waals surface area contributed by atoms with E-state index in [4.69, 9.17) is 26.3 Å². The highest BCUT2D eigenvalue weighted by Gasteiger charge is 2.20. The van der Waals surface area contributed by atoms with E-state index in [-0.39, 0.29) is 0 Å². The van der Waals surface area contributed by atoms with Gasteiger partial charge >= 0.3 is 0 Å². The smallest absolute Gasteiger partial charge is 0.212 e. The van der Waals surface area contributed by atoms with Crippen molar-refractivity contribution in [2.75, 3.05) is 5.73 Å². The number of nitrogens with zero attached hydrogens (tertiary/aromatic N) is 1. The summed E-state index contributed by atoms with van der Waals surface area (Å²) in [6.45, 7) is 2.02. The number of furan rings is 1. The highest BCUT2D eigenvalue weighted by atomic mass is 35.5. The minimum Gasteiger partial charge on any atom is -0.458 e. The fourth-order valence-electron chi connectivity index (χ4n) is 2.08. The molecule has 1 aromatic carbocycles. The number of nitrogen functional groups attached to an aromatic ring is 1. The van der Waals surface area contributed by atoms with Gasteiger partial charge in [0, 0.05) is 11.4 Å². The highest BCUT2D eigenvalue weighted by Crippen LogP contribution is 2.38. The van der Waals surface area contributed by atoms with Crippen molar-refractivity contribution in [2.45, 2.75) is 13.3 Å². The van der Waals surface area contributed by atoms with Gasteiger partial charge in [0.2, 0.25) is 5.76 Å². The number of nitrogens with two attached hydrogens (primary N) is 1. The third-order valence-electron chi connectivity index (χ3n) is 3.07. The first-order valence-corrected chi connectivity index (χ1v) is 6.67. The minimum absolute atomic E-state index is 0.316. The molecular weight excluding hydrogens is 276 g/mol. The highest BCUT2D eigenvalue weighted by molar-refractivity contribution is 6.30. The molecule has 0 spiro atoms. The van der Waals surface area contributed by atoms with Crippen LogP contribution in [0.2, 0.25) is 5.02 Å². The molecular formula is C15H13ClN2O2. The lowest BCUT2D eigenvalue weighted by molar-refractivity contribution is 0.417. The molecule has 0 amide bonds. The summed E-state index contributed by atoms with van der Waals surface area (Å²) in [4.78, 5) is 0. The van der Waals surface area contributed by atoms with Crippen LogP contribution in [0.1, 0.15) is 12.7 Å². The van der Waals surface area contributed by atoms with Crippen LogP contribution >= 0.6 is 11.6 Å². The largest absolute Gasteiger partial charge is 0.458 e. The molecule has 0 unspecified atom stereocenters. The van der Waals surface area contributed by atoms with Gasteiger partial charge in [0.1, 0.15) is 5.76 Å². The number of halogens is 1. The molecule has 0 saturated heterocycles. The molecule has 5 heteroatoms. The van der Waals surface area contributed by atoms with E-state index in [2.05, 4.69) is 5.16 Å². The summed E-state index contributed by atoms with van der Waals surface area (Å²) in [6, 6.07) is 11.1. The van der Waals surface area contributed by atoms with Gasteiger partial charge in [-0.3, -0.25) is 0 Å². The van der Waals surface area contributed by atoms with Gasteiger partial charge in [-0.25, -0.2) is 0 Å². The maximum absolute atomic E-state index is 6.02. The lowest BCUT2D eigenvalue weighted by atomic mass is 10.0. The predicted molar refractivity (Wildman–Crippen MR) is 78.4 cm³/mol. The van der Waals surface area contributed by atoms with Crippen LogP contribution in [0.5, 0.6) is 0 Å². The van der Waals surface area contributed by atoms with Crippen LogP contribution in [0.25, 0.3) is 22.6 Å². The summed E-state index contributed by atoms with van der Waals surface area (Å²) in [6.07, 6.45) is 0.816. The molecule has 102 valence electrons. The van der Waals surface area contributed by atoms with Crippen LogP contribution in [0.3, 0.4) is 0 Å². The Kier molecular flexibility index (Phi) is 3.24. The standard InChI is InChI=1S/C15H13ClN2O2/c1-2-11-6-7-12(19-11)14-13(15(17)18-20-14)9-4-3-5-10(16)8-9/h3-8H,2H2,1H3,(H2,17,18). The zero-order chi connectivity index (χ0) is 14.1. The van der Waals surface area contributed by atoms with Crippen LogP contribution in [0.4, 0.5) is 5.82 Å². The molecule has 0 atom stereocenters. The molecule has 3 rings (SSSR count). The van der Waals surface area contributed by atoms with E-state index in [9.17, 15) is 0 Å². The van der Waals surface area contributed by atoms with Crippen molar-refractivity contribution < 1.29 is 8.94 Å². The van der Waals surface area contributed by atoms with Crippen molar-refractivity contribution in [1.29, 1.82) is 0 Å². The Morgan fingerprint density at radius 1 is 1.25 bits per heavy atom. The Morgan fingerprint density at radius 3 is 2.80 bits per heavy atom. The number of rotatable bonds is 3. The summed E-state index contributed by atoms with van der Waals surface area (Å²) in [7, 11) is 0. The molecule has 0 saturated carbocycles. The molecule has 0 aliphatic carbocycles. The van der Waals surface area contributed by atoms with Gasteiger partial charge in [-0.1, -0.05) is 35.8 Å². The number of aromatic nitrogens is 1. The van der Waals surface area contributed by atoms with Crippen molar-refractivity contribution in [1.82, 2.24) is 5.16 Å². The predicted octanol–water partition coefficient (Wildman–Crippen LogP) is 4.40. The quantitative estimate of drug-likeness (QED) is 0.776. The maximum Gasteiger partial charge on any atom is 0.212 e. The van der Waals surface area contributed by atoms with Crippen LogP contribution in [-0.2, 0) is 6.42 Å². The average molecular weight is 289 g/mol. The molecule has 0 fully saturated rings. The summed E-state index contributed by atoms with van der Waals surface area (Å²) in [5.41, 5.74) is 7.46. The molecule has 2 heterocycles. The van der Waals surface area contributed by atoms with Gasteiger partial charge in [0.05, 0.1) is 5.56 Å². The Hall–Kier alpha value is -2.20. The van der Waals surface area contributed by atoms with Gasteiger partial charge in [-0.2, -0.15) is 0 Å². The van der Waals surface area contributed by atoms with E-state index < -0.39 is 0 Å². The van der Waals surface area contributed by atoms with E-state index in [0.717, 1.165) is 17.7 Å². The third kappa shape index (κ3) is 2.18. The first-order valence-electron chi connectivity index (χ1n) is 6.29. The number of hydrogen-bond donors (Lipinski definition) is 1. The second kappa shape index (κ2) is 5.06. The number of anilines is 1. The Bertz CT molecular complexity index is 746. The topological polar surface area (TPSA) is 65.2 Å². The van der Waals surface area contributed by atoms with E-state index in [0.29, 0.717) is 27.9 Å². The van der Waals surface area contributed by atoms with Crippen molar-refractivity contribution >= 4 is 17.4 Å². The van der Waals surface area contributed by atoms with E-state index in [1.54, 1.807) is 6.07 Å². The normalized spacial score (nSPS) is 10.9. The third-order valence-corrected chi connectivity index (χ3v) is 3.30. The molecule has 0 aliphatic heterocycles. The van der Waals surface area contributed by atoms with Crippen molar-refractivity contribution in [3.05, 3.63) is 47.2 Å². The fourth-order valence-corrected chi connectivity index (χ4v) is 2.27. The number of benzene rings is 1. The monoisotopic (exact) mass is 288 g/mol. The molecule has 4 nitrogen and oxygen atoms in total. The maximum atomic E-state index is 6.02. The zero-order valence-corrected chi connectivity index (χ0v) is 11.6. The first-order chi connectivity index (χ1) is 9.69. The van der Waals surface area contributed by atoms with Gasteiger partial charge in [-0.15, -0.1) is 0 Å². The van der Waals surface area contributed by atoms with Gasteiger partial charge < -0.3 is 14.7 Å². The number of aryl methyl sites for hydroxylation is 1. The molecule has 2 N–H and O–H groups in total. The summed E-state index contributed by atoms with van der Waals surface area (Å²) in [5.74, 6) is 2.33. The Labute approximate surface area is 121 Å². The average Bonchev–Trinajstić information content (AvgIpc) is 3.04. The first kappa shape index (κ1) is 12.8. The minimum atomic E-state index is 0.316. The Balaban J connectivity index is 2.14. The van der Waals surface area contributed by atoms with Crippen molar-refractivity contribution in [2.24, 2.45) is 0 Å². The van der Waals surface area contributed by atoms with E-state index in [1.807, 2.05) is 37.3 Å². The van der Waals surface area contributed by atoms with Crippen LogP contribution in [0, 0.1) is 0 Å². The molecule has 2 aromatic heterocycles. The molecule has 0 aliphatic rings. The SMILES string of the molecule is CCc1ccc(-c2onc(N)c2-c2cccc(Cl)c2)o1. The fraction of sp³-hybridized carbons (Fsp3) is 0.133. The zero-order valence-electron chi connectivity index (χ0n) is 10.9. The van der Waals surface area contributed by atoms with Crippen LogP contribution < -0.4 is 5.73 Å². The molecule has 0 radical (unpaired) electrons. The second-order valence-corrected chi connectivity index (χ2v) is 4.84.